The summed E-state index contributed by atoms with van der Waals surface area (Å²) in [7, 11) is 0. The van der Waals surface area contributed by atoms with Crippen molar-refractivity contribution in [1.29, 1.82) is 0 Å². The predicted molar refractivity (Wildman–Crippen MR) is 86.5 cm³/mol. The van der Waals surface area contributed by atoms with E-state index in [0.717, 1.165) is 35.7 Å². The summed E-state index contributed by atoms with van der Waals surface area (Å²) >= 11 is 0. The maximum Gasteiger partial charge on any atom is 0.158 e. The molecule has 2 aromatic heterocycles. The first-order chi connectivity index (χ1) is 11.8. The standard InChI is InChI=1S/C16H19N7O/c24-10-9-22-16(18-15(19-22)12-3-1-2-4-12)13-5-7-14(8-6-13)23-11-17-20-21-23/h5-8,11-12,24H,1-4,9-10H2. The number of aliphatic hydroxyl groups is 1. The minimum absolute atomic E-state index is 0.0448. The maximum absolute atomic E-state index is 9.32. The Labute approximate surface area is 139 Å². The highest BCUT2D eigenvalue weighted by molar-refractivity contribution is 5.57. The van der Waals surface area contributed by atoms with Gasteiger partial charge in [0.1, 0.15) is 6.33 Å². The summed E-state index contributed by atoms with van der Waals surface area (Å²) in [5.41, 5.74) is 1.85. The Morgan fingerprint density at radius 3 is 2.58 bits per heavy atom. The van der Waals surface area contributed by atoms with Crippen LogP contribution in [-0.4, -0.2) is 46.7 Å². The molecule has 1 aliphatic carbocycles. The fraction of sp³-hybridized carbons (Fsp3) is 0.438. The molecule has 1 N–H and O–H groups in total. The average Bonchev–Trinajstić information content (AvgIpc) is 3.36. The fourth-order valence-corrected chi connectivity index (χ4v) is 3.22. The van der Waals surface area contributed by atoms with Crippen molar-refractivity contribution in [3.8, 4) is 17.1 Å². The zero-order chi connectivity index (χ0) is 16.4. The van der Waals surface area contributed by atoms with E-state index in [2.05, 4.69) is 20.6 Å². The van der Waals surface area contributed by atoms with Crippen LogP contribution in [-0.2, 0) is 6.54 Å². The number of nitrogens with zero attached hydrogens (tertiary/aromatic N) is 7. The second kappa shape index (κ2) is 6.48. The van der Waals surface area contributed by atoms with Gasteiger partial charge in [0.25, 0.3) is 0 Å². The first-order valence-electron chi connectivity index (χ1n) is 8.24. The van der Waals surface area contributed by atoms with Crippen molar-refractivity contribution in [2.45, 2.75) is 38.1 Å². The van der Waals surface area contributed by atoms with E-state index in [-0.39, 0.29) is 6.61 Å². The zero-order valence-corrected chi connectivity index (χ0v) is 13.3. The van der Waals surface area contributed by atoms with E-state index in [1.807, 2.05) is 24.3 Å². The Morgan fingerprint density at radius 2 is 1.92 bits per heavy atom. The molecule has 3 aromatic rings. The molecule has 2 heterocycles. The Morgan fingerprint density at radius 1 is 1.12 bits per heavy atom. The van der Waals surface area contributed by atoms with Crippen LogP contribution in [0, 0.1) is 0 Å². The van der Waals surface area contributed by atoms with Gasteiger partial charge in [-0.2, -0.15) is 5.10 Å². The van der Waals surface area contributed by atoms with Gasteiger partial charge in [-0.15, -0.1) is 5.10 Å². The first kappa shape index (κ1) is 14.9. The third kappa shape index (κ3) is 2.80. The van der Waals surface area contributed by atoms with Crippen LogP contribution in [0.2, 0.25) is 0 Å². The van der Waals surface area contributed by atoms with Gasteiger partial charge >= 0.3 is 0 Å². The number of hydrogen-bond acceptors (Lipinski definition) is 6. The van der Waals surface area contributed by atoms with Crippen molar-refractivity contribution in [2.24, 2.45) is 0 Å². The quantitative estimate of drug-likeness (QED) is 0.765. The van der Waals surface area contributed by atoms with Crippen LogP contribution in [0.5, 0.6) is 0 Å². The number of tetrazole rings is 1. The minimum atomic E-state index is 0.0448. The Bertz CT molecular complexity index is 788. The van der Waals surface area contributed by atoms with Crippen LogP contribution < -0.4 is 0 Å². The molecule has 124 valence electrons. The van der Waals surface area contributed by atoms with E-state index in [0.29, 0.717) is 12.5 Å². The molecule has 0 bridgehead atoms. The zero-order valence-electron chi connectivity index (χ0n) is 13.3. The summed E-state index contributed by atoms with van der Waals surface area (Å²) in [5, 5.41) is 25.1. The molecule has 4 rings (SSSR count). The van der Waals surface area contributed by atoms with Gasteiger partial charge in [0.15, 0.2) is 11.6 Å². The lowest BCUT2D eigenvalue weighted by Crippen LogP contribution is -2.07. The van der Waals surface area contributed by atoms with Crippen molar-refractivity contribution < 1.29 is 5.11 Å². The molecule has 24 heavy (non-hydrogen) atoms. The number of aromatic nitrogens is 7. The van der Waals surface area contributed by atoms with Crippen LogP contribution in [0.1, 0.15) is 37.4 Å². The van der Waals surface area contributed by atoms with E-state index in [1.165, 1.54) is 12.8 Å². The number of benzene rings is 1. The molecule has 0 aliphatic heterocycles. The Balaban J connectivity index is 1.66. The summed E-state index contributed by atoms with van der Waals surface area (Å²) in [4.78, 5) is 4.77. The third-order valence-electron chi connectivity index (χ3n) is 4.46. The summed E-state index contributed by atoms with van der Waals surface area (Å²) in [6.07, 6.45) is 6.35. The molecule has 0 unspecified atom stereocenters. The van der Waals surface area contributed by atoms with E-state index < -0.39 is 0 Å². The van der Waals surface area contributed by atoms with Crippen molar-refractivity contribution in [3.63, 3.8) is 0 Å². The predicted octanol–water partition coefficient (Wildman–Crippen LogP) is 1.57. The largest absolute Gasteiger partial charge is 0.394 e. The molecular weight excluding hydrogens is 306 g/mol. The Hall–Kier alpha value is -2.61. The van der Waals surface area contributed by atoms with Gasteiger partial charge in [-0.25, -0.2) is 14.3 Å². The van der Waals surface area contributed by atoms with E-state index in [1.54, 1.807) is 15.7 Å². The van der Waals surface area contributed by atoms with Crippen LogP contribution in [0.4, 0.5) is 0 Å². The van der Waals surface area contributed by atoms with E-state index in [9.17, 15) is 5.11 Å². The third-order valence-corrected chi connectivity index (χ3v) is 4.46. The molecule has 1 saturated carbocycles. The lowest BCUT2D eigenvalue weighted by molar-refractivity contribution is 0.269. The van der Waals surface area contributed by atoms with Gasteiger partial charge in [-0.1, -0.05) is 12.8 Å². The summed E-state index contributed by atoms with van der Waals surface area (Å²) in [6, 6.07) is 7.85. The molecule has 8 nitrogen and oxygen atoms in total. The maximum atomic E-state index is 9.32. The van der Waals surface area contributed by atoms with Crippen molar-refractivity contribution in [2.75, 3.05) is 6.61 Å². The molecule has 0 spiro atoms. The topological polar surface area (TPSA) is 94.5 Å². The smallest absolute Gasteiger partial charge is 0.158 e. The number of hydrogen-bond donors (Lipinski definition) is 1. The van der Waals surface area contributed by atoms with Gasteiger partial charge < -0.3 is 5.11 Å². The minimum Gasteiger partial charge on any atom is -0.394 e. The number of aliphatic hydroxyl groups excluding tert-OH is 1. The van der Waals surface area contributed by atoms with Crippen LogP contribution >= 0.6 is 0 Å². The number of rotatable bonds is 5. The molecular formula is C16H19N7O. The highest BCUT2D eigenvalue weighted by atomic mass is 16.3. The normalized spacial score (nSPS) is 15.2. The first-order valence-corrected chi connectivity index (χ1v) is 8.24. The second-order valence-electron chi connectivity index (χ2n) is 6.02. The van der Waals surface area contributed by atoms with E-state index in [4.69, 9.17) is 4.98 Å². The summed E-state index contributed by atoms with van der Waals surface area (Å²) in [6.45, 7) is 0.493. The van der Waals surface area contributed by atoms with Gasteiger partial charge in [0, 0.05) is 11.5 Å². The molecule has 1 aromatic carbocycles. The molecule has 0 radical (unpaired) electrons. The monoisotopic (exact) mass is 325 g/mol. The molecule has 8 heteroatoms. The molecule has 1 aliphatic rings. The summed E-state index contributed by atoms with van der Waals surface area (Å²) in [5.74, 6) is 2.15. The Kier molecular flexibility index (Phi) is 4.04. The summed E-state index contributed by atoms with van der Waals surface area (Å²) < 4.78 is 3.41. The van der Waals surface area contributed by atoms with E-state index >= 15 is 0 Å². The van der Waals surface area contributed by atoms with Gasteiger partial charge in [0.2, 0.25) is 0 Å². The average molecular weight is 325 g/mol. The highest BCUT2D eigenvalue weighted by Gasteiger charge is 2.23. The lowest BCUT2D eigenvalue weighted by Gasteiger charge is -2.05. The van der Waals surface area contributed by atoms with Crippen molar-refractivity contribution in [1.82, 2.24) is 35.0 Å². The van der Waals surface area contributed by atoms with Crippen LogP contribution in [0.15, 0.2) is 30.6 Å². The van der Waals surface area contributed by atoms with Crippen LogP contribution in [0.3, 0.4) is 0 Å². The SMILES string of the molecule is OCCn1nc(C2CCCC2)nc1-c1ccc(-n2cnnn2)cc1. The van der Waals surface area contributed by atoms with Gasteiger partial charge in [0.05, 0.1) is 18.8 Å². The second-order valence-corrected chi connectivity index (χ2v) is 6.02. The molecule has 0 atom stereocenters. The molecule has 1 fully saturated rings. The lowest BCUT2D eigenvalue weighted by atomic mass is 10.1. The van der Waals surface area contributed by atoms with Gasteiger partial charge in [-0.05, 0) is 47.5 Å². The molecule has 0 amide bonds. The van der Waals surface area contributed by atoms with Gasteiger partial charge in [-0.3, -0.25) is 0 Å². The highest BCUT2D eigenvalue weighted by Crippen LogP contribution is 2.33. The van der Waals surface area contributed by atoms with Crippen LogP contribution in [0.25, 0.3) is 17.1 Å². The van der Waals surface area contributed by atoms with Crippen molar-refractivity contribution in [3.05, 3.63) is 36.4 Å². The fourth-order valence-electron chi connectivity index (χ4n) is 3.22. The van der Waals surface area contributed by atoms with Crippen molar-refractivity contribution >= 4 is 0 Å². The molecule has 0 saturated heterocycles.